The topological polar surface area (TPSA) is 52.6 Å². The molecule has 4 heteroatoms. The van der Waals surface area contributed by atoms with Crippen LogP contribution >= 0.6 is 0 Å². The van der Waals surface area contributed by atoms with Crippen LogP contribution in [0.15, 0.2) is 0 Å². The highest BCUT2D eigenvalue weighted by Crippen LogP contribution is 2.16. The molecule has 2 N–H and O–H groups in total. The molecule has 0 aliphatic carbocycles. The van der Waals surface area contributed by atoms with E-state index < -0.39 is 5.97 Å². The lowest BCUT2D eigenvalue weighted by Crippen LogP contribution is -2.40. The number of aliphatic carboxylic acids is 1. The van der Waals surface area contributed by atoms with Gasteiger partial charge in [-0.25, -0.2) is 0 Å². The van der Waals surface area contributed by atoms with Gasteiger partial charge in [0.15, 0.2) is 0 Å². The summed E-state index contributed by atoms with van der Waals surface area (Å²) in [7, 11) is 0. The van der Waals surface area contributed by atoms with Gasteiger partial charge in [0, 0.05) is 6.54 Å². The lowest BCUT2D eigenvalue weighted by atomic mass is 10.0. The number of carboxylic acids is 1. The summed E-state index contributed by atoms with van der Waals surface area (Å²) in [5, 5.41) is 12.1. The second-order valence-electron chi connectivity index (χ2n) is 5.11. The van der Waals surface area contributed by atoms with Crippen LogP contribution in [0.4, 0.5) is 0 Å². The Labute approximate surface area is 104 Å². The van der Waals surface area contributed by atoms with E-state index in [2.05, 4.69) is 17.1 Å². The normalized spacial score (nSPS) is 24.2. The molecular weight excluding hydrogens is 216 g/mol. The van der Waals surface area contributed by atoms with E-state index in [0.29, 0.717) is 13.0 Å². The Hall–Kier alpha value is -0.610. The molecule has 1 aliphatic rings. The van der Waals surface area contributed by atoms with Crippen molar-refractivity contribution in [1.82, 2.24) is 10.2 Å². The fourth-order valence-corrected chi connectivity index (χ4v) is 2.42. The summed E-state index contributed by atoms with van der Waals surface area (Å²) in [6.07, 6.45) is 4.52. The van der Waals surface area contributed by atoms with Gasteiger partial charge in [0.1, 0.15) is 6.04 Å². The number of likely N-dealkylation sites (tertiary alicyclic amines) is 1. The summed E-state index contributed by atoms with van der Waals surface area (Å²) in [5.41, 5.74) is 0. The van der Waals surface area contributed by atoms with E-state index in [1.54, 1.807) is 0 Å². The number of nitrogens with zero attached hydrogens (tertiary/aromatic N) is 1. The molecule has 0 amide bonds. The van der Waals surface area contributed by atoms with Gasteiger partial charge in [-0.3, -0.25) is 4.79 Å². The molecule has 2 unspecified atom stereocenters. The van der Waals surface area contributed by atoms with E-state index in [9.17, 15) is 4.79 Å². The Balaban J connectivity index is 2.30. The third-order valence-electron chi connectivity index (χ3n) is 3.59. The number of carboxylic acid groups (broad SMARTS) is 1. The monoisotopic (exact) mass is 242 g/mol. The number of likely N-dealkylation sites (N-methyl/N-ethyl adjacent to an activating group) is 1. The van der Waals surface area contributed by atoms with Crippen LogP contribution in [0, 0.1) is 5.92 Å². The second kappa shape index (κ2) is 7.67. The van der Waals surface area contributed by atoms with E-state index in [0.717, 1.165) is 25.6 Å². The molecule has 1 fully saturated rings. The Kier molecular flexibility index (Phi) is 6.52. The molecule has 1 saturated heterocycles. The van der Waals surface area contributed by atoms with Crippen molar-refractivity contribution in [2.45, 2.75) is 45.6 Å². The molecule has 0 aromatic heterocycles. The van der Waals surface area contributed by atoms with Crippen molar-refractivity contribution in [1.29, 1.82) is 0 Å². The number of carbonyl (C=O) groups is 1. The van der Waals surface area contributed by atoms with Crippen molar-refractivity contribution >= 4 is 5.97 Å². The van der Waals surface area contributed by atoms with E-state index >= 15 is 0 Å². The number of rotatable bonds is 6. The van der Waals surface area contributed by atoms with Gasteiger partial charge < -0.3 is 15.3 Å². The molecule has 100 valence electrons. The minimum Gasteiger partial charge on any atom is -0.480 e. The zero-order valence-corrected chi connectivity index (χ0v) is 11.1. The van der Waals surface area contributed by atoms with Gasteiger partial charge in [0.25, 0.3) is 0 Å². The number of hydrogen-bond acceptors (Lipinski definition) is 3. The highest BCUT2D eigenvalue weighted by Gasteiger charge is 2.19. The van der Waals surface area contributed by atoms with E-state index in [4.69, 9.17) is 5.11 Å². The summed E-state index contributed by atoms with van der Waals surface area (Å²) >= 11 is 0. The van der Waals surface area contributed by atoms with Crippen LogP contribution in [-0.4, -0.2) is 48.2 Å². The van der Waals surface area contributed by atoms with Crippen molar-refractivity contribution in [2.75, 3.05) is 26.2 Å². The van der Waals surface area contributed by atoms with Crippen molar-refractivity contribution in [2.24, 2.45) is 5.92 Å². The zero-order valence-electron chi connectivity index (χ0n) is 11.1. The van der Waals surface area contributed by atoms with Crippen molar-refractivity contribution in [3.63, 3.8) is 0 Å². The largest absolute Gasteiger partial charge is 0.480 e. The van der Waals surface area contributed by atoms with Crippen LogP contribution in [0.5, 0.6) is 0 Å². The lowest BCUT2D eigenvalue weighted by molar-refractivity contribution is -0.139. The molecule has 1 rings (SSSR count). The summed E-state index contributed by atoms with van der Waals surface area (Å²) in [6.45, 7) is 8.12. The molecule has 0 bridgehead atoms. The third-order valence-corrected chi connectivity index (χ3v) is 3.59. The minimum atomic E-state index is -0.727. The first-order valence-electron chi connectivity index (χ1n) is 6.82. The Bertz CT molecular complexity index is 233. The van der Waals surface area contributed by atoms with Crippen LogP contribution in [0.3, 0.4) is 0 Å². The number of hydrogen-bond donors (Lipinski definition) is 2. The predicted molar refractivity (Wildman–Crippen MR) is 69.2 cm³/mol. The van der Waals surface area contributed by atoms with E-state index in [1.165, 1.54) is 19.3 Å². The first-order chi connectivity index (χ1) is 8.13. The summed E-state index contributed by atoms with van der Waals surface area (Å²) in [5.74, 6) is 0.0964. The predicted octanol–water partition coefficient (Wildman–Crippen LogP) is 1.56. The van der Waals surface area contributed by atoms with Gasteiger partial charge in [0.05, 0.1) is 0 Å². The fourth-order valence-electron chi connectivity index (χ4n) is 2.42. The molecule has 2 atom stereocenters. The molecule has 0 spiro atoms. The summed E-state index contributed by atoms with van der Waals surface area (Å²) in [6, 6.07) is -0.388. The van der Waals surface area contributed by atoms with Gasteiger partial charge in [0.2, 0.25) is 0 Å². The molecule has 0 saturated carbocycles. The van der Waals surface area contributed by atoms with Crippen LogP contribution in [0.1, 0.15) is 39.5 Å². The smallest absolute Gasteiger partial charge is 0.320 e. The highest BCUT2D eigenvalue weighted by atomic mass is 16.4. The van der Waals surface area contributed by atoms with Crippen LogP contribution < -0.4 is 5.32 Å². The number of nitrogens with one attached hydrogen (secondary N) is 1. The standard InChI is InChI=1S/C13H26N2O2/c1-3-14-12(13(16)17)7-10-15-8-4-5-11(2)6-9-15/h11-12,14H,3-10H2,1-2H3,(H,16,17). The van der Waals surface area contributed by atoms with Gasteiger partial charge in [-0.1, -0.05) is 13.8 Å². The van der Waals surface area contributed by atoms with Gasteiger partial charge in [-0.05, 0) is 51.2 Å². The molecule has 17 heavy (non-hydrogen) atoms. The molecule has 0 aromatic carbocycles. The van der Waals surface area contributed by atoms with Gasteiger partial charge in [-0.2, -0.15) is 0 Å². The van der Waals surface area contributed by atoms with E-state index in [1.807, 2.05) is 6.92 Å². The quantitative estimate of drug-likeness (QED) is 0.742. The maximum absolute atomic E-state index is 11.0. The summed E-state index contributed by atoms with van der Waals surface area (Å²) in [4.78, 5) is 13.4. The Morgan fingerprint density at radius 2 is 2.24 bits per heavy atom. The summed E-state index contributed by atoms with van der Waals surface area (Å²) < 4.78 is 0. The first kappa shape index (κ1) is 14.5. The lowest BCUT2D eigenvalue weighted by Gasteiger charge is -2.22. The highest BCUT2D eigenvalue weighted by molar-refractivity contribution is 5.73. The third kappa shape index (κ3) is 5.50. The Morgan fingerprint density at radius 1 is 1.47 bits per heavy atom. The minimum absolute atomic E-state index is 0.388. The van der Waals surface area contributed by atoms with Crippen molar-refractivity contribution in [3.05, 3.63) is 0 Å². The maximum atomic E-state index is 11.0. The molecular formula is C13H26N2O2. The molecule has 0 radical (unpaired) electrons. The van der Waals surface area contributed by atoms with Crippen LogP contribution in [-0.2, 0) is 4.79 Å². The average Bonchev–Trinajstić information content (AvgIpc) is 2.49. The maximum Gasteiger partial charge on any atom is 0.320 e. The molecule has 1 aliphatic heterocycles. The SMILES string of the molecule is CCNC(CCN1CCCC(C)CC1)C(=O)O. The van der Waals surface area contributed by atoms with Crippen molar-refractivity contribution in [3.8, 4) is 0 Å². The van der Waals surface area contributed by atoms with Crippen LogP contribution in [0.2, 0.25) is 0 Å². The van der Waals surface area contributed by atoms with E-state index in [-0.39, 0.29) is 6.04 Å². The molecule has 1 heterocycles. The molecule has 4 nitrogen and oxygen atoms in total. The fraction of sp³-hybridized carbons (Fsp3) is 0.923. The average molecular weight is 242 g/mol. The van der Waals surface area contributed by atoms with Gasteiger partial charge >= 0.3 is 5.97 Å². The van der Waals surface area contributed by atoms with Gasteiger partial charge in [-0.15, -0.1) is 0 Å². The molecule has 0 aromatic rings. The first-order valence-corrected chi connectivity index (χ1v) is 6.82. The Morgan fingerprint density at radius 3 is 2.88 bits per heavy atom. The second-order valence-corrected chi connectivity index (χ2v) is 5.11. The van der Waals surface area contributed by atoms with Crippen LogP contribution in [0.25, 0.3) is 0 Å². The van der Waals surface area contributed by atoms with Crippen molar-refractivity contribution < 1.29 is 9.90 Å². The zero-order chi connectivity index (χ0) is 12.7.